The lowest BCUT2D eigenvalue weighted by Crippen LogP contribution is -2.39. The van der Waals surface area contributed by atoms with Crippen molar-refractivity contribution in [2.75, 3.05) is 38.3 Å². The number of rotatable bonds is 5. The molecule has 2 aromatic heterocycles. The third-order valence-corrected chi connectivity index (χ3v) is 7.54. The lowest BCUT2D eigenvalue weighted by atomic mass is 9.93. The van der Waals surface area contributed by atoms with E-state index in [-0.39, 0.29) is 5.56 Å². The van der Waals surface area contributed by atoms with Crippen molar-refractivity contribution >= 4 is 29.3 Å². The molecule has 0 radical (unpaired) electrons. The summed E-state index contributed by atoms with van der Waals surface area (Å²) in [6, 6.07) is 11.2. The van der Waals surface area contributed by atoms with Gasteiger partial charge in [-0.15, -0.1) is 0 Å². The van der Waals surface area contributed by atoms with Gasteiger partial charge in [-0.05, 0) is 30.0 Å². The molecule has 9 heteroatoms. The van der Waals surface area contributed by atoms with Crippen LogP contribution in [0.5, 0.6) is 0 Å². The van der Waals surface area contributed by atoms with Gasteiger partial charge in [-0.2, -0.15) is 0 Å². The fourth-order valence-corrected chi connectivity index (χ4v) is 5.60. The molecule has 0 bridgehead atoms. The largest absolute Gasteiger partial charge is 0.466 e. The molecule has 5 rings (SSSR count). The topological polar surface area (TPSA) is 86.3 Å². The minimum atomic E-state index is -0.627. The molecule has 2 aliphatic heterocycles. The number of morpholine rings is 1. The number of carbonyl (C=O) groups is 1. The first-order chi connectivity index (χ1) is 17.4. The first-order valence-electron chi connectivity index (χ1n) is 12.0. The standard InChI is InChI=1S/C27H29N3O5S/c1-16(2)18-5-7-19(8-6-18)24-23(26(32)33-4)17(3)28-27-30(24)25(31)21(36-27)15-20-9-10-22(35-20)29-11-13-34-14-12-29/h5-10,15-16,24H,11-14H2,1-4H3. The highest BCUT2D eigenvalue weighted by molar-refractivity contribution is 7.07. The van der Waals surface area contributed by atoms with Gasteiger partial charge in [0, 0.05) is 25.2 Å². The number of carbonyl (C=O) groups excluding carboxylic acids is 1. The van der Waals surface area contributed by atoms with E-state index in [4.69, 9.17) is 13.9 Å². The molecular weight excluding hydrogens is 478 g/mol. The maximum atomic E-state index is 13.7. The number of aromatic nitrogens is 1. The summed E-state index contributed by atoms with van der Waals surface area (Å²) in [5.74, 6) is 1.21. The Balaban J connectivity index is 1.60. The quantitative estimate of drug-likeness (QED) is 0.494. The van der Waals surface area contributed by atoms with Crippen molar-refractivity contribution < 1.29 is 18.7 Å². The van der Waals surface area contributed by atoms with Gasteiger partial charge in [-0.1, -0.05) is 49.4 Å². The SMILES string of the molecule is COC(=O)C1=C(C)N=c2sc(=Cc3ccc(N4CCOCC4)o3)c(=O)n2C1c1ccc(C(C)C)cc1. The summed E-state index contributed by atoms with van der Waals surface area (Å²) in [4.78, 5) is 33.8. The van der Waals surface area contributed by atoms with Gasteiger partial charge in [0.2, 0.25) is 0 Å². The van der Waals surface area contributed by atoms with Crippen LogP contribution in [-0.4, -0.2) is 43.9 Å². The number of hydrogen-bond donors (Lipinski definition) is 0. The van der Waals surface area contributed by atoms with Gasteiger partial charge in [0.25, 0.3) is 5.56 Å². The minimum Gasteiger partial charge on any atom is -0.466 e. The van der Waals surface area contributed by atoms with E-state index in [9.17, 15) is 9.59 Å². The Kier molecular flexibility index (Phi) is 6.68. The molecule has 0 amide bonds. The molecule has 1 aromatic carbocycles. The predicted molar refractivity (Wildman–Crippen MR) is 138 cm³/mol. The average Bonchev–Trinajstić information content (AvgIpc) is 3.48. The van der Waals surface area contributed by atoms with Crippen LogP contribution in [0.3, 0.4) is 0 Å². The first kappa shape index (κ1) is 24.3. The highest BCUT2D eigenvalue weighted by atomic mass is 32.1. The summed E-state index contributed by atoms with van der Waals surface area (Å²) in [5, 5.41) is 0. The number of nitrogens with zero attached hydrogens (tertiary/aromatic N) is 3. The van der Waals surface area contributed by atoms with Crippen LogP contribution in [-0.2, 0) is 14.3 Å². The Hall–Kier alpha value is -3.43. The molecule has 1 fully saturated rings. The highest BCUT2D eigenvalue weighted by Crippen LogP contribution is 2.31. The lowest BCUT2D eigenvalue weighted by molar-refractivity contribution is -0.136. The Morgan fingerprint density at radius 1 is 1.17 bits per heavy atom. The van der Waals surface area contributed by atoms with Crippen LogP contribution in [0.1, 0.15) is 49.6 Å². The Labute approximate surface area is 212 Å². The van der Waals surface area contributed by atoms with E-state index in [1.165, 1.54) is 24.0 Å². The van der Waals surface area contributed by atoms with Crippen molar-refractivity contribution in [1.82, 2.24) is 4.57 Å². The van der Waals surface area contributed by atoms with Crippen molar-refractivity contribution in [2.24, 2.45) is 4.99 Å². The van der Waals surface area contributed by atoms with Gasteiger partial charge >= 0.3 is 5.97 Å². The summed E-state index contributed by atoms with van der Waals surface area (Å²) < 4.78 is 18.6. The summed E-state index contributed by atoms with van der Waals surface area (Å²) in [6.45, 7) is 8.88. The van der Waals surface area contributed by atoms with E-state index < -0.39 is 12.0 Å². The maximum absolute atomic E-state index is 13.7. The fraction of sp³-hybridized carbons (Fsp3) is 0.370. The van der Waals surface area contributed by atoms with Gasteiger partial charge in [-0.3, -0.25) is 9.36 Å². The zero-order valence-electron chi connectivity index (χ0n) is 20.8. The normalized spacial score (nSPS) is 18.4. The Bertz CT molecular complexity index is 1490. The summed E-state index contributed by atoms with van der Waals surface area (Å²) in [5.41, 5.74) is 2.69. The number of thiazole rings is 1. The van der Waals surface area contributed by atoms with Crippen LogP contribution in [0.2, 0.25) is 0 Å². The smallest absolute Gasteiger partial charge is 0.338 e. The summed E-state index contributed by atoms with van der Waals surface area (Å²) >= 11 is 1.28. The molecule has 8 nitrogen and oxygen atoms in total. The van der Waals surface area contributed by atoms with Crippen LogP contribution >= 0.6 is 11.3 Å². The van der Waals surface area contributed by atoms with Gasteiger partial charge in [-0.25, -0.2) is 9.79 Å². The molecule has 0 N–H and O–H groups in total. The van der Waals surface area contributed by atoms with Crippen LogP contribution in [0.4, 0.5) is 5.88 Å². The molecule has 0 spiro atoms. The fourth-order valence-electron chi connectivity index (χ4n) is 4.57. The number of ether oxygens (including phenoxy) is 2. The molecule has 1 atom stereocenters. The van der Waals surface area contributed by atoms with Crippen molar-refractivity contribution in [3.8, 4) is 0 Å². The number of furan rings is 1. The molecular formula is C27H29N3O5S. The molecule has 0 aliphatic carbocycles. The van der Waals surface area contributed by atoms with Crippen molar-refractivity contribution in [3.63, 3.8) is 0 Å². The third-order valence-electron chi connectivity index (χ3n) is 6.55. The van der Waals surface area contributed by atoms with Crippen molar-refractivity contribution in [2.45, 2.75) is 32.7 Å². The monoisotopic (exact) mass is 507 g/mol. The second kappa shape index (κ2) is 9.91. The van der Waals surface area contributed by atoms with Gasteiger partial charge in [0.1, 0.15) is 5.76 Å². The number of allylic oxidation sites excluding steroid dienone is 1. The number of methoxy groups -OCH3 is 1. The minimum absolute atomic E-state index is 0.227. The second-order valence-electron chi connectivity index (χ2n) is 9.17. The summed E-state index contributed by atoms with van der Waals surface area (Å²) in [6.07, 6.45) is 1.74. The number of benzene rings is 1. The number of esters is 1. The predicted octanol–water partition coefficient (Wildman–Crippen LogP) is 2.96. The van der Waals surface area contributed by atoms with E-state index in [0.29, 0.717) is 45.5 Å². The molecule has 1 unspecified atom stereocenters. The molecule has 3 aromatic rings. The molecule has 1 saturated heterocycles. The maximum Gasteiger partial charge on any atom is 0.338 e. The molecule has 4 heterocycles. The zero-order valence-corrected chi connectivity index (χ0v) is 21.6. The number of fused-ring (bicyclic) bond motifs is 1. The third kappa shape index (κ3) is 4.44. The highest BCUT2D eigenvalue weighted by Gasteiger charge is 2.33. The Morgan fingerprint density at radius 3 is 2.56 bits per heavy atom. The van der Waals surface area contributed by atoms with Crippen LogP contribution in [0, 0.1) is 0 Å². The van der Waals surface area contributed by atoms with Crippen LogP contribution in [0.15, 0.2) is 61.9 Å². The molecule has 36 heavy (non-hydrogen) atoms. The van der Waals surface area contributed by atoms with E-state index in [1.807, 2.05) is 36.4 Å². The van der Waals surface area contributed by atoms with Gasteiger partial charge in [0.15, 0.2) is 10.7 Å². The molecule has 0 saturated carbocycles. The first-order valence-corrected chi connectivity index (χ1v) is 12.8. The van der Waals surface area contributed by atoms with E-state index >= 15 is 0 Å². The number of anilines is 1. The molecule has 188 valence electrons. The van der Waals surface area contributed by atoms with Crippen LogP contribution < -0.4 is 19.8 Å². The molecule has 2 aliphatic rings. The van der Waals surface area contributed by atoms with E-state index in [0.717, 1.165) is 24.5 Å². The lowest BCUT2D eigenvalue weighted by Gasteiger charge is -2.26. The average molecular weight is 508 g/mol. The van der Waals surface area contributed by atoms with E-state index in [1.54, 1.807) is 17.6 Å². The van der Waals surface area contributed by atoms with Crippen molar-refractivity contribution in [3.05, 3.63) is 84.2 Å². The van der Waals surface area contributed by atoms with Gasteiger partial charge < -0.3 is 18.8 Å². The van der Waals surface area contributed by atoms with Crippen molar-refractivity contribution in [1.29, 1.82) is 0 Å². The van der Waals surface area contributed by atoms with E-state index in [2.05, 4.69) is 23.7 Å². The number of hydrogen-bond acceptors (Lipinski definition) is 8. The summed E-state index contributed by atoms with van der Waals surface area (Å²) in [7, 11) is 1.34. The van der Waals surface area contributed by atoms with Crippen LogP contribution in [0.25, 0.3) is 6.08 Å². The Morgan fingerprint density at radius 2 is 1.89 bits per heavy atom. The zero-order chi connectivity index (χ0) is 25.4. The second-order valence-corrected chi connectivity index (χ2v) is 10.2. The van der Waals surface area contributed by atoms with Gasteiger partial charge in [0.05, 0.1) is 42.2 Å².